The number of aliphatic carboxylic acids is 1. The SMILES string of the molecule is O=C(O)C1CCCC1Cc1ccns1. The Morgan fingerprint density at radius 3 is 3.14 bits per heavy atom. The molecule has 1 aliphatic rings. The van der Waals surface area contributed by atoms with E-state index in [1.165, 1.54) is 16.4 Å². The predicted molar refractivity (Wildman–Crippen MR) is 54.3 cm³/mol. The van der Waals surface area contributed by atoms with Crippen molar-refractivity contribution in [3.05, 3.63) is 17.1 Å². The van der Waals surface area contributed by atoms with Crippen molar-refractivity contribution in [2.75, 3.05) is 0 Å². The van der Waals surface area contributed by atoms with Crippen molar-refractivity contribution in [1.29, 1.82) is 0 Å². The van der Waals surface area contributed by atoms with Crippen LogP contribution in [0.2, 0.25) is 0 Å². The molecule has 0 bridgehead atoms. The Morgan fingerprint density at radius 1 is 1.64 bits per heavy atom. The monoisotopic (exact) mass is 211 g/mol. The van der Waals surface area contributed by atoms with Gasteiger partial charge in [-0.1, -0.05) is 6.42 Å². The van der Waals surface area contributed by atoms with Crippen LogP contribution in [0.3, 0.4) is 0 Å². The first-order valence-corrected chi connectivity index (χ1v) is 5.67. The Hall–Kier alpha value is -0.900. The lowest BCUT2D eigenvalue weighted by Crippen LogP contribution is -2.19. The highest BCUT2D eigenvalue weighted by atomic mass is 32.1. The zero-order valence-corrected chi connectivity index (χ0v) is 8.67. The first-order valence-electron chi connectivity index (χ1n) is 4.89. The zero-order chi connectivity index (χ0) is 9.97. The minimum atomic E-state index is -0.628. The number of hydrogen-bond donors (Lipinski definition) is 1. The molecule has 1 N–H and O–H groups in total. The number of carboxylic acid groups (broad SMARTS) is 1. The Balaban J connectivity index is 2.00. The van der Waals surface area contributed by atoms with Crippen LogP contribution in [-0.2, 0) is 11.2 Å². The minimum absolute atomic E-state index is 0.128. The molecule has 1 aromatic heterocycles. The quantitative estimate of drug-likeness (QED) is 0.833. The van der Waals surface area contributed by atoms with E-state index < -0.39 is 5.97 Å². The van der Waals surface area contributed by atoms with Crippen LogP contribution in [0.1, 0.15) is 24.1 Å². The minimum Gasteiger partial charge on any atom is -0.481 e. The molecule has 0 aliphatic heterocycles. The van der Waals surface area contributed by atoms with E-state index in [9.17, 15) is 4.79 Å². The topological polar surface area (TPSA) is 50.2 Å². The van der Waals surface area contributed by atoms with Gasteiger partial charge in [-0.3, -0.25) is 4.79 Å². The van der Waals surface area contributed by atoms with Crippen LogP contribution in [0.5, 0.6) is 0 Å². The molecule has 0 aromatic carbocycles. The summed E-state index contributed by atoms with van der Waals surface area (Å²) in [5.41, 5.74) is 0. The second-order valence-electron chi connectivity index (χ2n) is 3.82. The van der Waals surface area contributed by atoms with E-state index in [4.69, 9.17) is 5.11 Å². The van der Waals surface area contributed by atoms with Crippen LogP contribution in [0.4, 0.5) is 0 Å². The summed E-state index contributed by atoms with van der Waals surface area (Å²) in [6.45, 7) is 0. The van der Waals surface area contributed by atoms with Gasteiger partial charge in [0, 0.05) is 11.1 Å². The summed E-state index contributed by atoms with van der Waals surface area (Å²) in [6.07, 6.45) is 5.63. The number of hydrogen-bond acceptors (Lipinski definition) is 3. The highest BCUT2D eigenvalue weighted by Crippen LogP contribution is 2.34. The molecule has 0 saturated heterocycles. The third-order valence-corrected chi connectivity index (χ3v) is 3.70. The van der Waals surface area contributed by atoms with Crippen LogP contribution in [0.25, 0.3) is 0 Å². The average Bonchev–Trinajstić information content (AvgIpc) is 2.75. The molecule has 1 fully saturated rings. The summed E-state index contributed by atoms with van der Waals surface area (Å²) < 4.78 is 4.03. The van der Waals surface area contributed by atoms with Crippen molar-refractivity contribution in [2.24, 2.45) is 11.8 Å². The third-order valence-electron chi connectivity index (χ3n) is 2.93. The summed E-state index contributed by atoms with van der Waals surface area (Å²) in [4.78, 5) is 12.1. The van der Waals surface area contributed by atoms with Crippen LogP contribution in [0.15, 0.2) is 12.3 Å². The number of rotatable bonds is 3. The Morgan fingerprint density at radius 2 is 2.50 bits per heavy atom. The molecular weight excluding hydrogens is 198 g/mol. The second-order valence-corrected chi connectivity index (χ2v) is 4.74. The fourth-order valence-electron chi connectivity index (χ4n) is 2.21. The highest BCUT2D eigenvalue weighted by molar-refractivity contribution is 7.05. The van der Waals surface area contributed by atoms with Crippen molar-refractivity contribution in [2.45, 2.75) is 25.7 Å². The molecule has 4 heteroatoms. The first-order chi connectivity index (χ1) is 6.77. The van der Waals surface area contributed by atoms with Crippen LogP contribution in [0, 0.1) is 11.8 Å². The summed E-state index contributed by atoms with van der Waals surface area (Å²) >= 11 is 1.48. The third kappa shape index (κ3) is 1.95. The summed E-state index contributed by atoms with van der Waals surface area (Å²) in [5, 5.41) is 9.00. The maximum absolute atomic E-state index is 10.9. The maximum Gasteiger partial charge on any atom is 0.306 e. The molecule has 1 saturated carbocycles. The van der Waals surface area contributed by atoms with Crippen molar-refractivity contribution < 1.29 is 9.90 Å². The molecule has 0 spiro atoms. The molecule has 14 heavy (non-hydrogen) atoms. The lowest BCUT2D eigenvalue weighted by molar-refractivity contribution is -0.142. The van der Waals surface area contributed by atoms with Gasteiger partial charge in [0.25, 0.3) is 0 Å². The molecule has 2 atom stereocenters. The van der Waals surface area contributed by atoms with Gasteiger partial charge in [-0.2, -0.15) is 0 Å². The molecule has 0 radical (unpaired) electrons. The largest absolute Gasteiger partial charge is 0.481 e. The van der Waals surface area contributed by atoms with E-state index >= 15 is 0 Å². The second kappa shape index (κ2) is 4.09. The van der Waals surface area contributed by atoms with Gasteiger partial charge in [0.1, 0.15) is 0 Å². The summed E-state index contributed by atoms with van der Waals surface area (Å²) in [6, 6.07) is 1.99. The number of nitrogens with zero attached hydrogens (tertiary/aromatic N) is 1. The smallest absolute Gasteiger partial charge is 0.306 e. The van der Waals surface area contributed by atoms with Crippen molar-refractivity contribution in [3.8, 4) is 0 Å². The van der Waals surface area contributed by atoms with E-state index in [-0.39, 0.29) is 5.92 Å². The van der Waals surface area contributed by atoms with Crippen molar-refractivity contribution in [1.82, 2.24) is 4.37 Å². The van der Waals surface area contributed by atoms with Crippen molar-refractivity contribution in [3.63, 3.8) is 0 Å². The van der Waals surface area contributed by atoms with E-state index in [1.807, 2.05) is 6.07 Å². The number of aromatic nitrogens is 1. The molecule has 1 aromatic rings. The lowest BCUT2D eigenvalue weighted by Gasteiger charge is -2.13. The number of carbonyl (C=O) groups is 1. The normalized spacial score (nSPS) is 26.6. The van der Waals surface area contributed by atoms with Gasteiger partial charge in [-0.25, -0.2) is 4.37 Å². The van der Waals surface area contributed by atoms with Gasteiger partial charge >= 0.3 is 5.97 Å². The van der Waals surface area contributed by atoms with Gasteiger partial charge in [-0.15, -0.1) is 0 Å². The van der Waals surface area contributed by atoms with Gasteiger partial charge in [0.05, 0.1) is 5.92 Å². The van der Waals surface area contributed by atoms with E-state index in [0.717, 1.165) is 25.7 Å². The standard InChI is InChI=1S/C10H13NO2S/c12-10(13)9-3-1-2-7(9)6-8-4-5-11-14-8/h4-5,7,9H,1-3,6H2,(H,12,13). The Labute approximate surface area is 86.9 Å². The highest BCUT2D eigenvalue weighted by Gasteiger charge is 2.32. The van der Waals surface area contributed by atoms with Crippen molar-refractivity contribution >= 4 is 17.5 Å². The fourth-order valence-corrected chi connectivity index (χ4v) is 2.88. The summed E-state index contributed by atoms with van der Waals surface area (Å²) in [5.74, 6) is -0.429. The zero-order valence-electron chi connectivity index (χ0n) is 7.85. The Bertz CT molecular complexity index is 310. The first kappa shape index (κ1) is 9.65. The van der Waals surface area contributed by atoms with E-state index in [1.54, 1.807) is 6.20 Å². The van der Waals surface area contributed by atoms with E-state index in [2.05, 4.69) is 4.37 Å². The number of carboxylic acids is 1. The van der Waals surface area contributed by atoms with Gasteiger partial charge in [-0.05, 0) is 42.8 Å². The van der Waals surface area contributed by atoms with Gasteiger partial charge < -0.3 is 5.11 Å². The lowest BCUT2D eigenvalue weighted by atomic mass is 9.92. The summed E-state index contributed by atoms with van der Waals surface area (Å²) in [7, 11) is 0. The van der Waals surface area contributed by atoms with Crippen LogP contribution >= 0.6 is 11.5 Å². The fraction of sp³-hybridized carbons (Fsp3) is 0.600. The molecule has 2 rings (SSSR count). The molecule has 1 aliphatic carbocycles. The van der Waals surface area contributed by atoms with Gasteiger partial charge in [0.15, 0.2) is 0 Å². The molecule has 0 amide bonds. The Kier molecular flexibility index (Phi) is 2.82. The molecular formula is C10H13NO2S. The molecule has 76 valence electrons. The van der Waals surface area contributed by atoms with E-state index in [0.29, 0.717) is 5.92 Å². The van der Waals surface area contributed by atoms with Crippen LogP contribution in [-0.4, -0.2) is 15.4 Å². The molecule has 1 heterocycles. The molecule has 3 nitrogen and oxygen atoms in total. The maximum atomic E-state index is 10.9. The average molecular weight is 211 g/mol. The van der Waals surface area contributed by atoms with Crippen LogP contribution < -0.4 is 0 Å². The van der Waals surface area contributed by atoms with Gasteiger partial charge in [0.2, 0.25) is 0 Å². The predicted octanol–water partition coefficient (Wildman–Crippen LogP) is 2.19. The molecule has 2 unspecified atom stereocenters.